The summed E-state index contributed by atoms with van der Waals surface area (Å²) in [6.45, 7) is 0.246. The zero-order chi connectivity index (χ0) is 7.94. The van der Waals surface area contributed by atoms with Gasteiger partial charge in [0.1, 0.15) is 6.67 Å². The standard InChI is InChI=1S/C9H10FO.BrH.Mg/c10-6-7-11-8-9-4-2-1-3-5-9;;/h2-5H,6-8H2;1H;/q-1;;+2/p-1. The Hall–Kier alpha value is 0.356. The molecule has 0 aliphatic rings. The number of ether oxygens (including phenoxy) is 1. The van der Waals surface area contributed by atoms with Crippen LogP contribution in [0, 0.1) is 6.07 Å². The molecule has 0 saturated carbocycles. The molecule has 0 aromatic heterocycles. The van der Waals surface area contributed by atoms with E-state index >= 15 is 0 Å². The first-order valence-electron chi connectivity index (χ1n) is 3.52. The minimum Gasteiger partial charge on any atom is -1.00 e. The van der Waals surface area contributed by atoms with Crippen LogP contribution in [0.3, 0.4) is 0 Å². The van der Waals surface area contributed by atoms with E-state index < -0.39 is 6.67 Å². The molecule has 0 bridgehead atoms. The fourth-order valence-electron chi connectivity index (χ4n) is 0.762. The molecule has 1 nitrogen and oxygen atoms in total. The van der Waals surface area contributed by atoms with Crippen LogP contribution in [0.1, 0.15) is 5.56 Å². The Kier molecular flexibility index (Phi) is 12.7. The molecule has 0 spiro atoms. The molecule has 1 aromatic rings. The van der Waals surface area contributed by atoms with E-state index in [1.807, 2.05) is 24.3 Å². The molecule has 0 radical (unpaired) electrons. The van der Waals surface area contributed by atoms with Gasteiger partial charge in [0.2, 0.25) is 0 Å². The predicted octanol–water partition coefficient (Wildman–Crippen LogP) is -1.40. The number of halogens is 2. The van der Waals surface area contributed by atoms with Gasteiger partial charge in [-0.15, -0.1) is 5.56 Å². The average Bonchev–Trinajstić information content (AvgIpc) is 2.07. The monoisotopic (exact) mass is 256 g/mol. The maximum atomic E-state index is 11.6. The van der Waals surface area contributed by atoms with Gasteiger partial charge in [-0.25, -0.2) is 4.39 Å². The van der Waals surface area contributed by atoms with Gasteiger partial charge in [-0.1, -0.05) is 0 Å². The van der Waals surface area contributed by atoms with E-state index in [0.717, 1.165) is 5.56 Å². The molecule has 0 aliphatic carbocycles. The third-order valence-corrected chi connectivity index (χ3v) is 1.28. The average molecular weight is 257 g/mol. The van der Waals surface area contributed by atoms with E-state index in [9.17, 15) is 4.39 Å². The van der Waals surface area contributed by atoms with Gasteiger partial charge in [0, 0.05) is 6.61 Å². The van der Waals surface area contributed by atoms with Crippen molar-refractivity contribution < 1.29 is 26.1 Å². The summed E-state index contributed by atoms with van der Waals surface area (Å²) in [5, 5.41) is 0. The number of rotatable bonds is 4. The summed E-state index contributed by atoms with van der Waals surface area (Å²) in [4.78, 5) is 0. The molecule has 1 aromatic carbocycles. The van der Waals surface area contributed by atoms with Gasteiger partial charge >= 0.3 is 23.1 Å². The Morgan fingerprint density at radius 2 is 1.92 bits per heavy atom. The van der Waals surface area contributed by atoms with Crippen LogP contribution in [0.25, 0.3) is 0 Å². The van der Waals surface area contributed by atoms with Crippen molar-refractivity contribution in [3.63, 3.8) is 0 Å². The minimum atomic E-state index is -0.418. The largest absolute Gasteiger partial charge is 2.00 e. The molecule has 0 fully saturated rings. The SMILES string of the molecule is FCCOCc1cc[c-]cc1.[Br-].[Mg+2]. The summed E-state index contributed by atoms with van der Waals surface area (Å²) >= 11 is 0. The first kappa shape index (κ1) is 15.8. The van der Waals surface area contributed by atoms with Gasteiger partial charge in [-0.3, -0.25) is 0 Å². The summed E-state index contributed by atoms with van der Waals surface area (Å²) in [5.74, 6) is 0. The number of benzene rings is 1. The zero-order valence-electron chi connectivity index (χ0n) is 7.30. The fourth-order valence-corrected chi connectivity index (χ4v) is 0.762. The Labute approximate surface area is 105 Å². The maximum Gasteiger partial charge on any atom is 2.00 e. The molecular formula is C9H10BrFMgO. The topological polar surface area (TPSA) is 9.23 Å². The van der Waals surface area contributed by atoms with Crippen LogP contribution in [0.2, 0.25) is 0 Å². The van der Waals surface area contributed by atoms with E-state index in [2.05, 4.69) is 6.07 Å². The van der Waals surface area contributed by atoms with Gasteiger partial charge < -0.3 is 21.7 Å². The Morgan fingerprint density at radius 1 is 1.31 bits per heavy atom. The molecule has 0 saturated heterocycles. The zero-order valence-corrected chi connectivity index (χ0v) is 10.3. The van der Waals surface area contributed by atoms with E-state index in [1.165, 1.54) is 0 Å². The van der Waals surface area contributed by atoms with Crippen LogP contribution < -0.4 is 17.0 Å². The molecule has 0 atom stereocenters. The van der Waals surface area contributed by atoms with E-state index in [-0.39, 0.29) is 46.6 Å². The van der Waals surface area contributed by atoms with Crippen molar-refractivity contribution in [2.75, 3.05) is 13.3 Å². The van der Waals surface area contributed by atoms with Crippen LogP contribution in [0.4, 0.5) is 4.39 Å². The molecular weight excluding hydrogens is 247 g/mol. The first-order chi connectivity index (χ1) is 5.43. The quantitative estimate of drug-likeness (QED) is 0.366. The third kappa shape index (κ3) is 7.43. The Morgan fingerprint density at radius 3 is 2.46 bits per heavy atom. The summed E-state index contributed by atoms with van der Waals surface area (Å²) in [7, 11) is 0. The molecule has 68 valence electrons. The normalized spacial score (nSPS) is 8.38. The fraction of sp³-hybridized carbons (Fsp3) is 0.333. The van der Waals surface area contributed by atoms with Crippen molar-refractivity contribution in [1.82, 2.24) is 0 Å². The molecule has 0 aliphatic heterocycles. The minimum absolute atomic E-state index is 0. The third-order valence-electron chi connectivity index (χ3n) is 1.28. The van der Waals surface area contributed by atoms with Crippen LogP contribution in [0.5, 0.6) is 0 Å². The van der Waals surface area contributed by atoms with Gasteiger partial charge in [-0.05, 0) is 0 Å². The smallest absolute Gasteiger partial charge is 1.00 e. The maximum absolute atomic E-state index is 11.6. The van der Waals surface area contributed by atoms with E-state index in [0.29, 0.717) is 6.61 Å². The second-order valence-electron chi connectivity index (χ2n) is 2.15. The van der Waals surface area contributed by atoms with Crippen molar-refractivity contribution in [2.45, 2.75) is 6.61 Å². The summed E-state index contributed by atoms with van der Waals surface area (Å²) < 4.78 is 16.5. The summed E-state index contributed by atoms with van der Waals surface area (Å²) in [5.41, 5.74) is 1.05. The molecule has 13 heavy (non-hydrogen) atoms. The summed E-state index contributed by atoms with van der Waals surface area (Å²) in [6.07, 6.45) is 0. The van der Waals surface area contributed by atoms with Crippen LogP contribution in [-0.4, -0.2) is 36.3 Å². The van der Waals surface area contributed by atoms with Crippen molar-refractivity contribution in [2.24, 2.45) is 0 Å². The predicted molar refractivity (Wildman–Crippen MR) is 46.7 cm³/mol. The molecule has 1 rings (SSSR count). The molecule has 0 heterocycles. The van der Waals surface area contributed by atoms with E-state index in [1.54, 1.807) is 0 Å². The van der Waals surface area contributed by atoms with Gasteiger partial charge in [0.05, 0.1) is 6.61 Å². The number of alkyl halides is 1. The molecule has 0 unspecified atom stereocenters. The van der Waals surface area contributed by atoms with Crippen molar-refractivity contribution in [3.05, 3.63) is 35.9 Å². The van der Waals surface area contributed by atoms with Crippen molar-refractivity contribution in [3.8, 4) is 0 Å². The Balaban J connectivity index is 0. The van der Waals surface area contributed by atoms with Crippen LogP contribution in [-0.2, 0) is 11.3 Å². The first-order valence-corrected chi connectivity index (χ1v) is 3.52. The van der Waals surface area contributed by atoms with Crippen molar-refractivity contribution in [1.29, 1.82) is 0 Å². The number of hydrogen-bond acceptors (Lipinski definition) is 1. The van der Waals surface area contributed by atoms with Gasteiger partial charge in [0.15, 0.2) is 0 Å². The summed E-state index contributed by atoms with van der Waals surface area (Å²) in [6, 6.07) is 10.3. The van der Waals surface area contributed by atoms with Crippen molar-refractivity contribution >= 4 is 23.1 Å². The molecule has 0 N–H and O–H groups in total. The van der Waals surface area contributed by atoms with E-state index in [4.69, 9.17) is 4.74 Å². The molecule has 0 amide bonds. The Bertz CT molecular complexity index is 196. The van der Waals surface area contributed by atoms with Crippen LogP contribution in [0.15, 0.2) is 24.3 Å². The second kappa shape index (κ2) is 10.4. The van der Waals surface area contributed by atoms with Gasteiger partial charge in [-0.2, -0.15) is 30.3 Å². The van der Waals surface area contributed by atoms with Crippen LogP contribution >= 0.6 is 0 Å². The van der Waals surface area contributed by atoms with Gasteiger partial charge in [0.25, 0.3) is 0 Å². The second-order valence-corrected chi connectivity index (χ2v) is 2.15. The molecule has 4 heteroatoms. The number of hydrogen-bond donors (Lipinski definition) is 0.